The lowest BCUT2D eigenvalue weighted by Gasteiger charge is -2.37. The van der Waals surface area contributed by atoms with Crippen LogP contribution in [0.2, 0.25) is 0 Å². The smallest absolute Gasteiger partial charge is 0.336 e. The van der Waals surface area contributed by atoms with Crippen LogP contribution in [0.15, 0.2) is 90.5 Å². The highest BCUT2D eigenvalue weighted by Gasteiger charge is 2.47. The molecule has 2 aliphatic rings. The molecule has 184 valence electrons. The Morgan fingerprint density at radius 1 is 0.889 bits per heavy atom. The van der Waals surface area contributed by atoms with E-state index in [1.807, 2.05) is 89.8 Å². The third-order valence-electron chi connectivity index (χ3n) is 6.98. The van der Waals surface area contributed by atoms with E-state index in [4.69, 9.17) is 9.47 Å². The molecule has 0 saturated carbocycles. The fraction of sp³-hybridized carbons (Fsp3) is 0.267. The zero-order valence-electron chi connectivity index (χ0n) is 20.4. The van der Waals surface area contributed by atoms with E-state index in [1.54, 1.807) is 0 Å². The van der Waals surface area contributed by atoms with Gasteiger partial charge in [-0.05, 0) is 42.0 Å². The fourth-order valence-electron chi connectivity index (χ4n) is 5.29. The molecule has 2 bridgehead atoms. The normalized spacial score (nSPS) is 18.6. The topological polar surface area (TPSA) is 67.9 Å². The summed E-state index contributed by atoms with van der Waals surface area (Å²) in [4.78, 5) is 28.2. The van der Waals surface area contributed by atoms with Crippen molar-refractivity contribution in [3.63, 3.8) is 0 Å². The second-order valence-electron chi connectivity index (χ2n) is 9.16. The predicted octanol–water partition coefficient (Wildman–Crippen LogP) is 5.34. The molecule has 1 saturated heterocycles. The highest BCUT2D eigenvalue weighted by molar-refractivity contribution is 6.01. The van der Waals surface area contributed by atoms with E-state index < -0.39 is 5.97 Å². The maximum Gasteiger partial charge on any atom is 0.336 e. The maximum atomic E-state index is 13.3. The SMILES string of the molecule is COC(=O)C1=C(c2ccccc2OCc2ccccc2)CC2CCC1N2C(=O)NCc1ccccc1. The molecular formula is C30H30N2O4. The number of esters is 1. The molecule has 2 unspecified atom stereocenters. The first kappa shape index (κ1) is 23.7. The number of rotatable bonds is 7. The Hall–Kier alpha value is -4.06. The standard InChI is InChI=1S/C30H30N2O4/c1-35-29(33)28-25(24-14-8-9-15-27(24)36-20-22-12-6-3-7-13-22)18-23-16-17-26(28)32(23)30(34)31-19-21-10-4-2-5-11-21/h2-15,23,26H,16-20H2,1H3,(H,31,34). The average Bonchev–Trinajstić information content (AvgIpc) is 3.24. The van der Waals surface area contributed by atoms with Crippen LogP contribution in [-0.2, 0) is 22.7 Å². The number of hydrogen-bond donors (Lipinski definition) is 1. The molecule has 0 radical (unpaired) electrons. The average molecular weight is 483 g/mol. The van der Waals surface area contributed by atoms with E-state index in [-0.39, 0.29) is 18.1 Å². The number of nitrogens with zero attached hydrogens (tertiary/aromatic N) is 1. The van der Waals surface area contributed by atoms with Crippen molar-refractivity contribution in [3.8, 4) is 5.75 Å². The van der Waals surface area contributed by atoms with Crippen molar-refractivity contribution in [1.29, 1.82) is 0 Å². The minimum Gasteiger partial charge on any atom is -0.488 e. The quantitative estimate of drug-likeness (QED) is 0.462. The number of methoxy groups -OCH3 is 1. The first-order chi connectivity index (χ1) is 17.7. The van der Waals surface area contributed by atoms with Crippen LogP contribution in [0.25, 0.3) is 5.57 Å². The molecule has 36 heavy (non-hydrogen) atoms. The molecule has 2 heterocycles. The minimum atomic E-state index is -0.394. The molecule has 0 spiro atoms. The Morgan fingerprint density at radius 2 is 1.56 bits per heavy atom. The number of amides is 2. The van der Waals surface area contributed by atoms with Crippen molar-refractivity contribution in [1.82, 2.24) is 10.2 Å². The largest absolute Gasteiger partial charge is 0.488 e. The van der Waals surface area contributed by atoms with Crippen LogP contribution < -0.4 is 10.1 Å². The zero-order valence-corrected chi connectivity index (χ0v) is 20.4. The van der Waals surface area contributed by atoms with Gasteiger partial charge in [-0.25, -0.2) is 9.59 Å². The van der Waals surface area contributed by atoms with Gasteiger partial charge in [-0.3, -0.25) is 0 Å². The van der Waals surface area contributed by atoms with Gasteiger partial charge < -0.3 is 19.7 Å². The summed E-state index contributed by atoms with van der Waals surface area (Å²) < 4.78 is 11.4. The van der Waals surface area contributed by atoms with Crippen molar-refractivity contribution in [2.45, 2.75) is 44.5 Å². The lowest BCUT2D eigenvalue weighted by Crippen LogP contribution is -2.50. The van der Waals surface area contributed by atoms with E-state index in [2.05, 4.69) is 5.32 Å². The van der Waals surface area contributed by atoms with Gasteiger partial charge in [0.05, 0.1) is 18.7 Å². The van der Waals surface area contributed by atoms with Gasteiger partial charge in [0, 0.05) is 18.2 Å². The highest BCUT2D eigenvalue weighted by atomic mass is 16.5. The van der Waals surface area contributed by atoms with Crippen LogP contribution >= 0.6 is 0 Å². The van der Waals surface area contributed by atoms with E-state index in [1.165, 1.54) is 7.11 Å². The molecule has 6 nitrogen and oxygen atoms in total. The van der Waals surface area contributed by atoms with Gasteiger partial charge in [0.1, 0.15) is 12.4 Å². The number of benzene rings is 3. The van der Waals surface area contributed by atoms with Crippen molar-refractivity contribution >= 4 is 17.6 Å². The summed E-state index contributed by atoms with van der Waals surface area (Å²) >= 11 is 0. The Balaban J connectivity index is 1.43. The van der Waals surface area contributed by atoms with Crippen molar-refractivity contribution in [3.05, 3.63) is 107 Å². The molecule has 2 amide bonds. The van der Waals surface area contributed by atoms with Crippen LogP contribution in [0.4, 0.5) is 4.79 Å². The number of hydrogen-bond acceptors (Lipinski definition) is 4. The number of urea groups is 1. The van der Waals surface area contributed by atoms with Gasteiger partial charge in [0.2, 0.25) is 0 Å². The zero-order chi connectivity index (χ0) is 24.9. The summed E-state index contributed by atoms with van der Waals surface area (Å²) in [5.74, 6) is 0.327. The Labute approximate surface area is 211 Å². The van der Waals surface area contributed by atoms with Crippen LogP contribution in [0, 0.1) is 0 Å². The van der Waals surface area contributed by atoms with E-state index >= 15 is 0 Å². The molecule has 2 atom stereocenters. The summed E-state index contributed by atoms with van der Waals surface area (Å²) in [6, 6.07) is 27.1. The van der Waals surface area contributed by atoms with Gasteiger partial charge in [0.15, 0.2) is 0 Å². The van der Waals surface area contributed by atoms with Gasteiger partial charge in [-0.15, -0.1) is 0 Å². The van der Waals surface area contributed by atoms with Gasteiger partial charge >= 0.3 is 12.0 Å². The van der Waals surface area contributed by atoms with Crippen LogP contribution in [-0.4, -0.2) is 36.1 Å². The van der Waals surface area contributed by atoms with Crippen LogP contribution in [0.5, 0.6) is 5.75 Å². The summed E-state index contributed by atoms with van der Waals surface area (Å²) in [7, 11) is 1.39. The van der Waals surface area contributed by atoms with Gasteiger partial charge in [0.25, 0.3) is 0 Å². The van der Waals surface area contributed by atoms with Crippen molar-refractivity contribution < 1.29 is 19.1 Å². The maximum absolute atomic E-state index is 13.3. The second kappa shape index (κ2) is 10.7. The number of carbonyl (C=O) groups is 2. The van der Waals surface area contributed by atoms with Crippen molar-refractivity contribution in [2.24, 2.45) is 0 Å². The Morgan fingerprint density at radius 3 is 2.28 bits per heavy atom. The highest BCUT2D eigenvalue weighted by Crippen LogP contribution is 2.45. The summed E-state index contributed by atoms with van der Waals surface area (Å²) in [5.41, 5.74) is 4.45. The number of nitrogens with one attached hydrogen (secondary N) is 1. The van der Waals surface area contributed by atoms with Crippen LogP contribution in [0.1, 0.15) is 36.0 Å². The molecule has 1 N–H and O–H groups in total. The molecule has 3 aromatic carbocycles. The van der Waals surface area contributed by atoms with E-state index in [0.717, 1.165) is 40.9 Å². The number of para-hydroxylation sites is 1. The second-order valence-corrected chi connectivity index (χ2v) is 9.16. The third kappa shape index (κ3) is 4.85. The van der Waals surface area contributed by atoms with E-state index in [9.17, 15) is 9.59 Å². The predicted molar refractivity (Wildman–Crippen MR) is 138 cm³/mol. The summed E-state index contributed by atoms with van der Waals surface area (Å²) in [6.07, 6.45) is 2.14. The molecule has 0 aromatic heterocycles. The Kier molecular flexibility index (Phi) is 7.03. The molecule has 3 aromatic rings. The fourth-order valence-corrected chi connectivity index (χ4v) is 5.29. The first-order valence-electron chi connectivity index (χ1n) is 12.3. The molecular weight excluding hydrogens is 452 g/mol. The molecule has 6 heteroatoms. The summed E-state index contributed by atoms with van der Waals surface area (Å²) in [5, 5.41) is 3.04. The lowest BCUT2D eigenvalue weighted by molar-refractivity contribution is -0.136. The molecule has 2 aliphatic heterocycles. The minimum absolute atomic E-state index is 0.0105. The molecule has 1 fully saturated rings. The van der Waals surface area contributed by atoms with Gasteiger partial charge in [-0.2, -0.15) is 0 Å². The van der Waals surface area contributed by atoms with Gasteiger partial charge in [-0.1, -0.05) is 78.9 Å². The number of carbonyl (C=O) groups excluding carboxylic acids is 2. The first-order valence-corrected chi connectivity index (χ1v) is 12.3. The third-order valence-corrected chi connectivity index (χ3v) is 6.98. The molecule has 5 rings (SSSR count). The number of ether oxygens (including phenoxy) is 2. The number of fused-ring (bicyclic) bond motifs is 2. The monoisotopic (exact) mass is 482 g/mol. The Bertz CT molecular complexity index is 1260. The van der Waals surface area contributed by atoms with E-state index in [0.29, 0.717) is 25.1 Å². The van der Waals surface area contributed by atoms with Crippen LogP contribution in [0.3, 0.4) is 0 Å². The molecule has 0 aliphatic carbocycles. The van der Waals surface area contributed by atoms with Crippen molar-refractivity contribution in [2.75, 3.05) is 7.11 Å². The summed E-state index contributed by atoms with van der Waals surface area (Å²) in [6.45, 7) is 0.871. The lowest BCUT2D eigenvalue weighted by atomic mass is 9.88.